The summed E-state index contributed by atoms with van der Waals surface area (Å²) in [6, 6.07) is 11.5. The summed E-state index contributed by atoms with van der Waals surface area (Å²) in [6.07, 6.45) is 0. The van der Waals surface area contributed by atoms with Crippen molar-refractivity contribution in [2.45, 2.75) is 19.8 Å². The molecule has 3 rings (SSSR count). The molecule has 0 atom stereocenters. The number of hydrogen-bond donors (Lipinski definition) is 0. The van der Waals surface area contributed by atoms with Crippen molar-refractivity contribution in [3.05, 3.63) is 42.2 Å². The van der Waals surface area contributed by atoms with Crippen LogP contribution in [-0.4, -0.2) is 7.12 Å². The minimum atomic E-state index is -0.458. The third-order valence-electron chi connectivity index (χ3n) is 2.77. The van der Waals surface area contributed by atoms with E-state index in [4.69, 9.17) is 13.7 Å². The fourth-order valence-corrected chi connectivity index (χ4v) is 1.82. The van der Waals surface area contributed by atoms with Crippen LogP contribution in [0.15, 0.2) is 40.8 Å². The van der Waals surface area contributed by atoms with E-state index in [0.717, 1.165) is 17.3 Å². The molecule has 0 bridgehead atoms. The summed E-state index contributed by atoms with van der Waals surface area (Å²) in [5, 5.41) is 0. The van der Waals surface area contributed by atoms with Gasteiger partial charge in [0, 0.05) is 5.92 Å². The first-order valence-electron chi connectivity index (χ1n) is 5.76. The third kappa shape index (κ3) is 1.80. The molecule has 1 aromatic carbocycles. The summed E-state index contributed by atoms with van der Waals surface area (Å²) < 4.78 is 17.1. The van der Waals surface area contributed by atoms with Gasteiger partial charge in [0.25, 0.3) is 0 Å². The van der Waals surface area contributed by atoms with E-state index in [-0.39, 0.29) is 0 Å². The molecule has 17 heavy (non-hydrogen) atoms. The molecule has 0 spiro atoms. The van der Waals surface area contributed by atoms with Crippen molar-refractivity contribution in [1.29, 1.82) is 0 Å². The molecule has 2 heterocycles. The topological polar surface area (TPSA) is 31.6 Å². The second-order valence-electron chi connectivity index (χ2n) is 4.41. The molecule has 0 radical (unpaired) electrons. The molecule has 1 aliphatic heterocycles. The van der Waals surface area contributed by atoms with Gasteiger partial charge in [-0.3, -0.25) is 0 Å². The predicted octanol–water partition coefficient (Wildman–Crippen LogP) is 2.57. The van der Waals surface area contributed by atoms with Crippen LogP contribution in [0.5, 0.6) is 11.5 Å². The van der Waals surface area contributed by atoms with Gasteiger partial charge in [-0.25, -0.2) is 0 Å². The number of benzene rings is 1. The highest BCUT2D eigenvalue weighted by molar-refractivity contribution is 6.62. The van der Waals surface area contributed by atoms with Crippen LogP contribution in [-0.2, 0) is 0 Å². The standard InChI is InChI=1S/C13H13BO3/c1-9(2)10-7-8-13(15-10)14-16-11-5-3-4-6-12(11)17-14/h3-9H,1-2H3. The van der Waals surface area contributed by atoms with Gasteiger partial charge in [0.2, 0.25) is 0 Å². The highest BCUT2D eigenvalue weighted by atomic mass is 16.6. The number of rotatable bonds is 2. The van der Waals surface area contributed by atoms with Crippen LogP contribution in [0, 0.1) is 0 Å². The van der Waals surface area contributed by atoms with Crippen LogP contribution < -0.4 is 15.0 Å². The van der Waals surface area contributed by atoms with Crippen molar-refractivity contribution in [1.82, 2.24) is 0 Å². The lowest BCUT2D eigenvalue weighted by molar-refractivity contribution is 0.465. The zero-order chi connectivity index (χ0) is 11.8. The van der Waals surface area contributed by atoms with Crippen molar-refractivity contribution in [3.63, 3.8) is 0 Å². The quantitative estimate of drug-likeness (QED) is 0.740. The second kappa shape index (κ2) is 3.88. The van der Waals surface area contributed by atoms with E-state index in [2.05, 4.69) is 13.8 Å². The van der Waals surface area contributed by atoms with Gasteiger partial charge < -0.3 is 13.7 Å². The first-order valence-corrected chi connectivity index (χ1v) is 5.76. The maximum atomic E-state index is 5.71. The smallest absolute Gasteiger partial charge is 0.517 e. The summed E-state index contributed by atoms with van der Waals surface area (Å²) in [5.41, 5.74) is 0.713. The van der Waals surface area contributed by atoms with Crippen molar-refractivity contribution in [2.75, 3.05) is 0 Å². The van der Waals surface area contributed by atoms with Crippen LogP contribution in [0.1, 0.15) is 25.5 Å². The summed E-state index contributed by atoms with van der Waals surface area (Å²) in [6.45, 7) is 4.18. The predicted molar refractivity (Wildman–Crippen MR) is 65.9 cm³/mol. The van der Waals surface area contributed by atoms with E-state index in [1.807, 2.05) is 36.4 Å². The number of fused-ring (bicyclic) bond motifs is 1. The molecule has 0 fully saturated rings. The van der Waals surface area contributed by atoms with Gasteiger partial charge >= 0.3 is 7.12 Å². The van der Waals surface area contributed by atoms with Crippen molar-refractivity contribution < 1.29 is 13.7 Å². The van der Waals surface area contributed by atoms with Gasteiger partial charge in [0.05, 0.1) is 0 Å². The largest absolute Gasteiger partial charge is 0.670 e. The van der Waals surface area contributed by atoms with E-state index in [1.165, 1.54) is 0 Å². The molecule has 2 aromatic rings. The monoisotopic (exact) mass is 228 g/mol. The highest BCUT2D eigenvalue weighted by Gasteiger charge is 2.37. The fraction of sp³-hybridized carbons (Fsp3) is 0.231. The summed E-state index contributed by atoms with van der Waals surface area (Å²) in [7, 11) is -0.458. The van der Waals surface area contributed by atoms with E-state index in [1.54, 1.807) is 0 Å². The highest BCUT2D eigenvalue weighted by Crippen LogP contribution is 2.32. The van der Waals surface area contributed by atoms with Crippen molar-refractivity contribution >= 4 is 12.8 Å². The minimum absolute atomic E-state index is 0.368. The van der Waals surface area contributed by atoms with Gasteiger partial charge in [-0.1, -0.05) is 26.0 Å². The molecule has 0 saturated carbocycles. The Balaban J connectivity index is 1.84. The Morgan fingerprint density at radius 1 is 0.941 bits per heavy atom. The lowest BCUT2D eigenvalue weighted by Gasteiger charge is -2.02. The van der Waals surface area contributed by atoms with E-state index >= 15 is 0 Å². The van der Waals surface area contributed by atoms with Crippen molar-refractivity contribution in [3.8, 4) is 11.5 Å². The van der Waals surface area contributed by atoms with Crippen molar-refractivity contribution in [2.24, 2.45) is 0 Å². The van der Waals surface area contributed by atoms with Gasteiger partial charge in [-0.2, -0.15) is 0 Å². The molecular formula is C13H13BO3. The minimum Gasteiger partial charge on any atom is -0.517 e. The summed E-state index contributed by atoms with van der Waals surface area (Å²) in [4.78, 5) is 0. The normalized spacial score (nSPS) is 13.5. The Hall–Kier alpha value is -1.84. The number of hydrogen-bond acceptors (Lipinski definition) is 3. The molecule has 0 N–H and O–H groups in total. The molecule has 1 aliphatic rings. The fourth-order valence-electron chi connectivity index (χ4n) is 1.82. The average molecular weight is 228 g/mol. The Kier molecular flexibility index (Phi) is 2.36. The molecule has 0 unspecified atom stereocenters. The van der Waals surface area contributed by atoms with E-state index in [0.29, 0.717) is 11.6 Å². The number of para-hydroxylation sites is 2. The van der Waals surface area contributed by atoms with Gasteiger partial charge in [-0.15, -0.1) is 0 Å². The molecule has 0 aliphatic carbocycles. The first-order chi connectivity index (χ1) is 8.24. The maximum absolute atomic E-state index is 5.71. The van der Waals surface area contributed by atoms with Crippen LogP contribution in [0.25, 0.3) is 0 Å². The van der Waals surface area contributed by atoms with Crippen LogP contribution in [0.2, 0.25) is 0 Å². The lowest BCUT2D eigenvalue weighted by Crippen LogP contribution is -2.38. The van der Waals surface area contributed by atoms with E-state index < -0.39 is 7.12 Å². The van der Waals surface area contributed by atoms with Crippen LogP contribution in [0.3, 0.4) is 0 Å². The first kappa shape index (κ1) is 10.3. The Bertz CT molecular complexity index is 508. The summed E-state index contributed by atoms with van der Waals surface area (Å²) in [5.74, 6) is 2.84. The maximum Gasteiger partial charge on any atom is 0.670 e. The molecule has 86 valence electrons. The Morgan fingerprint density at radius 2 is 1.59 bits per heavy atom. The Morgan fingerprint density at radius 3 is 2.12 bits per heavy atom. The third-order valence-corrected chi connectivity index (χ3v) is 2.77. The average Bonchev–Trinajstić information content (AvgIpc) is 2.95. The molecule has 0 amide bonds. The van der Waals surface area contributed by atoms with E-state index in [9.17, 15) is 0 Å². The molecule has 0 saturated heterocycles. The zero-order valence-corrected chi connectivity index (χ0v) is 9.84. The lowest BCUT2D eigenvalue weighted by atomic mass is 9.87. The van der Waals surface area contributed by atoms with Gasteiger partial charge in [0.15, 0.2) is 5.66 Å². The SMILES string of the molecule is CC(C)c1ccc(B2Oc3ccccc3O2)o1. The second-order valence-corrected chi connectivity index (χ2v) is 4.41. The Labute approximate surface area is 100 Å². The number of furan rings is 1. The van der Waals surface area contributed by atoms with Gasteiger partial charge in [-0.05, 0) is 24.3 Å². The zero-order valence-electron chi connectivity index (χ0n) is 9.84. The summed E-state index contributed by atoms with van der Waals surface area (Å²) >= 11 is 0. The van der Waals surface area contributed by atoms with Gasteiger partial charge in [0.1, 0.15) is 17.3 Å². The molecular weight excluding hydrogens is 215 g/mol. The molecule has 1 aromatic heterocycles. The molecule has 3 nitrogen and oxygen atoms in total. The van der Waals surface area contributed by atoms with Crippen LogP contribution >= 0.6 is 0 Å². The molecule has 4 heteroatoms. The van der Waals surface area contributed by atoms with Crippen LogP contribution in [0.4, 0.5) is 0 Å².